The number of hydrogen-bond acceptors (Lipinski definition) is 1. The van der Waals surface area contributed by atoms with Crippen LogP contribution in [0.1, 0.15) is 12.0 Å². The SMILES string of the molecule is BrCCCOCc1ccccc1Br. The quantitative estimate of drug-likeness (QED) is 0.594. The molecular formula is C10H12Br2O. The fourth-order valence-electron chi connectivity index (χ4n) is 0.954. The summed E-state index contributed by atoms with van der Waals surface area (Å²) in [6.07, 6.45) is 1.06. The highest BCUT2D eigenvalue weighted by Gasteiger charge is 1.97. The highest BCUT2D eigenvalue weighted by Crippen LogP contribution is 2.16. The number of rotatable bonds is 5. The maximum atomic E-state index is 5.48. The molecule has 0 aliphatic carbocycles. The van der Waals surface area contributed by atoms with Gasteiger partial charge in [0.25, 0.3) is 0 Å². The Morgan fingerprint density at radius 3 is 2.69 bits per heavy atom. The Balaban J connectivity index is 2.32. The van der Waals surface area contributed by atoms with Crippen LogP contribution in [0.15, 0.2) is 28.7 Å². The summed E-state index contributed by atoms with van der Waals surface area (Å²) < 4.78 is 6.60. The molecule has 0 saturated carbocycles. The molecule has 0 bridgehead atoms. The third-order valence-electron chi connectivity index (χ3n) is 1.64. The summed E-state index contributed by atoms with van der Waals surface area (Å²) in [4.78, 5) is 0. The van der Waals surface area contributed by atoms with Crippen molar-refractivity contribution in [1.82, 2.24) is 0 Å². The topological polar surface area (TPSA) is 9.23 Å². The van der Waals surface area contributed by atoms with Crippen LogP contribution in [0.3, 0.4) is 0 Å². The molecule has 13 heavy (non-hydrogen) atoms. The minimum absolute atomic E-state index is 0.689. The molecular weight excluding hydrogens is 296 g/mol. The normalized spacial score (nSPS) is 10.3. The van der Waals surface area contributed by atoms with Gasteiger partial charge in [-0.25, -0.2) is 0 Å². The monoisotopic (exact) mass is 306 g/mol. The van der Waals surface area contributed by atoms with Gasteiger partial charge in [-0.05, 0) is 18.1 Å². The van der Waals surface area contributed by atoms with Gasteiger partial charge in [0.2, 0.25) is 0 Å². The lowest BCUT2D eigenvalue weighted by atomic mass is 10.2. The highest BCUT2D eigenvalue weighted by molar-refractivity contribution is 9.10. The van der Waals surface area contributed by atoms with Crippen LogP contribution in [-0.4, -0.2) is 11.9 Å². The van der Waals surface area contributed by atoms with Crippen LogP contribution in [0.5, 0.6) is 0 Å². The molecule has 72 valence electrons. The molecule has 0 spiro atoms. The predicted molar refractivity (Wildman–Crippen MR) is 62.2 cm³/mol. The van der Waals surface area contributed by atoms with E-state index in [9.17, 15) is 0 Å². The van der Waals surface area contributed by atoms with Gasteiger partial charge in [0, 0.05) is 16.4 Å². The Kier molecular flexibility index (Phi) is 5.67. The lowest BCUT2D eigenvalue weighted by Crippen LogP contribution is -1.96. The van der Waals surface area contributed by atoms with E-state index in [1.54, 1.807) is 0 Å². The Morgan fingerprint density at radius 2 is 2.00 bits per heavy atom. The number of halogens is 2. The van der Waals surface area contributed by atoms with Gasteiger partial charge in [-0.1, -0.05) is 50.1 Å². The first-order valence-electron chi connectivity index (χ1n) is 4.21. The Hall–Kier alpha value is 0.140. The zero-order valence-electron chi connectivity index (χ0n) is 7.30. The maximum Gasteiger partial charge on any atom is 0.0727 e. The van der Waals surface area contributed by atoms with Crippen LogP contribution in [0, 0.1) is 0 Å². The number of benzene rings is 1. The van der Waals surface area contributed by atoms with Crippen molar-refractivity contribution in [2.75, 3.05) is 11.9 Å². The molecule has 0 fully saturated rings. The van der Waals surface area contributed by atoms with E-state index in [0.29, 0.717) is 6.61 Å². The average molecular weight is 308 g/mol. The van der Waals surface area contributed by atoms with Gasteiger partial charge >= 0.3 is 0 Å². The standard InChI is InChI=1S/C10H12Br2O/c11-6-3-7-13-8-9-4-1-2-5-10(9)12/h1-2,4-5H,3,6-8H2. The van der Waals surface area contributed by atoms with Crippen LogP contribution >= 0.6 is 31.9 Å². The molecule has 0 aromatic heterocycles. The molecule has 0 unspecified atom stereocenters. The van der Waals surface area contributed by atoms with Crippen LogP contribution in [0.2, 0.25) is 0 Å². The van der Waals surface area contributed by atoms with E-state index in [4.69, 9.17) is 4.74 Å². The van der Waals surface area contributed by atoms with Crippen molar-refractivity contribution >= 4 is 31.9 Å². The fraction of sp³-hybridized carbons (Fsp3) is 0.400. The van der Waals surface area contributed by atoms with E-state index in [0.717, 1.165) is 22.8 Å². The summed E-state index contributed by atoms with van der Waals surface area (Å²) in [5.41, 5.74) is 1.21. The average Bonchev–Trinajstić information content (AvgIpc) is 2.15. The van der Waals surface area contributed by atoms with Gasteiger partial charge in [0.1, 0.15) is 0 Å². The molecule has 0 saturated heterocycles. The van der Waals surface area contributed by atoms with E-state index >= 15 is 0 Å². The maximum absolute atomic E-state index is 5.48. The molecule has 1 rings (SSSR count). The highest BCUT2D eigenvalue weighted by atomic mass is 79.9. The van der Waals surface area contributed by atoms with Crippen molar-refractivity contribution in [3.8, 4) is 0 Å². The first-order chi connectivity index (χ1) is 6.34. The van der Waals surface area contributed by atoms with Gasteiger partial charge < -0.3 is 4.74 Å². The first kappa shape index (κ1) is 11.2. The van der Waals surface area contributed by atoms with E-state index in [1.165, 1.54) is 5.56 Å². The summed E-state index contributed by atoms with van der Waals surface area (Å²) >= 11 is 6.84. The predicted octanol–water partition coefficient (Wildman–Crippen LogP) is 3.75. The van der Waals surface area contributed by atoms with Gasteiger partial charge in [-0.15, -0.1) is 0 Å². The Bertz CT molecular complexity index is 250. The zero-order chi connectivity index (χ0) is 9.52. The second-order valence-corrected chi connectivity index (χ2v) is 4.33. The van der Waals surface area contributed by atoms with Gasteiger partial charge in [0.05, 0.1) is 6.61 Å². The van der Waals surface area contributed by atoms with Crippen molar-refractivity contribution in [3.63, 3.8) is 0 Å². The molecule has 0 aliphatic rings. The smallest absolute Gasteiger partial charge is 0.0727 e. The van der Waals surface area contributed by atoms with Crippen LogP contribution in [0.25, 0.3) is 0 Å². The Labute approximate surface area is 95.7 Å². The van der Waals surface area contributed by atoms with Crippen molar-refractivity contribution in [2.24, 2.45) is 0 Å². The van der Waals surface area contributed by atoms with Crippen molar-refractivity contribution < 1.29 is 4.74 Å². The second-order valence-electron chi connectivity index (χ2n) is 2.69. The molecule has 0 N–H and O–H groups in total. The molecule has 0 atom stereocenters. The van der Waals surface area contributed by atoms with Gasteiger partial charge in [-0.3, -0.25) is 0 Å². The summed E-state index contributed by atoms with van der Waals surface area (Å²) in [6, 6.07) is 8.13. The van der Waals surface area contributed by atoms with E-state index in [-0.39, 0.29) is 0 Å². The summed E-state index contributed by atoms with van der Waals surface area (Å²) in [5.74, 6) is 0. The fourth-order valence-corrected chi connectivity index (χ4v) is 1.58. The van der Waals surface area contributed by atoms with Gasteiger partial charge in [-0.2, -0.15) is 0 Å². The third kappa shape index (κ3) is 4.25. The van der Waals surface area contributed by atoms with Gasteiger partial charge in [0.15, 0.2) is 0 Å². The minimum Gasteiger partial charge on any atom is -0.377 e. The number of alkyl halides is 1. The number of hydrogen-bond donors (Lipinski definition) is 0. The van der Waals surface area contributed by atoms with Crippen LogP contribution < -0.4 is 0 Å². The van der Waals surface area contributed by atoms with Crippen molar-refractivity contribution in [2.45, 2.75) is 13.0 Å². The molecule has 3 heteroatoms. The lowest BCUT2D eigenvalue weighted by molar-refractivity contribution is 0.122. The summed E-state index contributed by atoms with van der Waals surface area (Å²) in [5, 5.41) is 1.00. The van der Waals surface area contributed by atoms with Crippen LogP contribution in [-0.2, 0) is 11.3 Å². The molecule has 1 nitrogen and oxygen atoms in total. The lowest BCUT2D eigenvalue weighted by Gasteiger charge is -2.04. The third-order valence-corrected chi connectivity index (χ3v) is 2.97. The first-order valence-corrected chi connectivity index (χ1v) is 6.13. The molecule has 1 aromatic rings. The summed E-state index contributed by atoms with van der Waals surface area (Å²) in [7, 11) is 0. The van der Waals surface area contributed by atoms with Crippen LogP contribution in [0.4, 0.5) is 0 Å². The van der Waals surface area contributed by atoms with Crippen molar-refractivity contribution in [1.29, 1.82) is 0 Å². The molecule has 0 radical (unpaired) electrons. The molecule has 0 heterocycles. The largest absolute Gasteiger partial charge is 0.377 e. The summed E-state index contributed by atoms with van der Waals surface area (Å²) in [6.45, 7) is 1.50. The second kappa shape index (κ2) is 6.57. The van der Waals surface area contributed by atoms with E-state index in [2.05, 4.69) is 37.9 Å². The van der Waals surface area contributed by atoms with E-state index in [1.807, 2.05) is 18.2 Å². The minimum atomic E-state index is 0.689. The Morgan fingerprint density at radius 1 is 1.23 bits per heavy atom. The number of ether oxygens (including phenoxy) is 1. The van der Waals surface area contributed by atoms with E-state index < -0.39 is 0 Å². The zero-order valence-corrected chi connectivity index (χ0v) is 10.5. The van der Waals surface area contributed by atoms with Crippen molar-refractivity contribution in [3.05, 3.63) is 34.3 Å². The molecule has 0 aliphatic heterocycles. The molecule has 0 amide bonds. The molecule has 1 aromatic carbocycles.